The number of carboxylic acids is 1. The van der Waals surface area contributed by atoms with Crippen molar-refractivity contribution < 1.29 is 24.5 Å². The summed E-state index contributed by atoms with van der Waals surface area (Å²) in [6.07, 6.45) is 3.10. The van der Waals surface area contributed by atoms with E-state index < -0.39 is 12.1 Å². The number of nitrogens with zero attached hydrogens (tertiary/aromatic N) is 1. The first-order chi connectivity index (χ1) is 14.4. The van der Waals surface area contributed by atoms with Crippen LogP contribution in [0, 0.1) is 12.8 Å². The summed E-state index contributed by atoms with van der Waals surface area (Å²) in [5.41, 5.74) is 2.59. The van der Waals surface area contributed by atoms with Crippen molar-refractivity contribution in [3.63, 3.8) is 0 Å². The van der Waals surface area contributed by atoms with Crippen molar-refractivity contribution in [2.24, 2.45) is 5.92 Å². The normalized spacial score (nSPS) is 22.2. The molecule has 1 aliphatic carbocycles. The maximum absolute atomic E-state index is 11.1. The number of aryl methyl sites for hydroxylation is 2. The molecular weight excluding hydrogens is 402 g/mol. The van der Waals surface area contributed by atoms with Gasteiger partial charge in [0.15, 0.2) is 5.69 Å². The van der Waals surface area contributed by atoms with E-state index in [1.54, 1.807) is 5.38 Å². The lowest BCUT2D eigenvalue weighted by Crippen LogP contribution is -2.20. The van der Waals surface area contributed by atoms with E-state index in [0.717, 1.165) is 25.0 Å². The van der Waals surface area contributed by atoms with E-state index in [2.05, 4.69) is 37.9 Å². The SMILES string of the molecule is CCC[C@@H](O[C@@H]1C[C@@H](COc2ccc(C)c(CC)c2)[C@H](O)C1)c1nc(C(=O)O)cs1. The molecule has 7 heteroatoms. The van der Waals surface area contributed by atoms with Crippen LogP contribution in [0.2, 0.25) is 0 Å². The van der Waals surface area contributed by atoms with Gasteiger partial charge in [0.2, 0.25) is 0 Å². The zero-order valence-corrected chi connectivity index (χ0v) is 18.7. The van der Waals surface area contributed by atoms with Gasteiger partial charge < -0.3 is 19.7 Å². The van der Waals surface area contributed by atoms with Gasteiger partial charge in [-0.3, -0.25) is 0 Å². The van der Waals surface area contributed by atoms with Gasteiger partial charge in [-0.05, 0) is 55.9 Å². The van der Waals surface area contributed by atoms with Gasteiger partial charge in [0.05, 0.1) is 18.8 Å². The Morgan fingerprint density at radius 3 is 2.80 bits per heavy atom. The lowest BCUT2D eigenvalue weighted by Gasteiger charge is -2.20. The van der Waals surface area contributed by atoms with Crippen LogP contribution in [-0.4, -0.2) is 40.0 Å². The van der Waals surface area contributed by atoms with Crippen molar-refractivity contribution in [3.05, 3.63) is 45.4 Å². The average Bonchev–Trinajstić information content (AvgIpc) is 3.34. The summed E-state index contributed by atoms with van der Waals surface area (Å²) in [4.78, 5) is 15.3. The molecule has 1 saturated carbocycles. The van der Waals surface area contributed by atoms with E-state index >= 15 is 0 Å². The molecule has 0 amide bonds. The number of benzene rings is 1. The molecule has 1 aliphatic rings. The van der Waals surface area contributed by atoms with Crippen LogP contribution in [0.5, 0.6) is 5.75 Å². The number of aromatic carboxylic acids is 1. The lowest BCUT2D eigenvalue weighted by atomic mass is 10.1. The molecule has 1 fully saturated rings. The van der Waals surface area contributed by atoms with Crippen LogP contribution in [0.1, 0.15) is 72.3 Å². The van der Waals surface area contributed by atoms with Gasteiger partial charge in [-0.25, -0.2) is 9.78 Å². The number of aromatic nitrogens is 1. The fourth-order valence-corrected chi connectivity index (χ4v) is 4.80. The molecule has 0 saturated heterocycles. The van der Waals surface area contributed by atoms with Gasteiger partial charge in [-0.1, -0.05) is 26.3 Å². The van der Waals surface area contributed by atoms with E-state index in [1.807, 2.05) is 6.07 Å². The molecule has 0 unspecified atom stereocenters. The summed E-state index contributed by atoms with van der Waals surface area (Å²) in [6, 6.07) is 6.12. The largest absolute Gasteiger partial charge is 0.493 e. The third-order valence-electron chi connectivity index (χ3n) is 5.70. The molecule has 30 heavy (non-hydrogen) atoms. The molecule has 1 aromatic carbocycles. The van der Waals surface area contributed by atoms with Gasteiger partial charge >= 0.3 is 5.97 Å². The highest BCUT2D eigenvalue weighted by molar-refractivity contribution is 7.09. The Hall–Kier alpha value is -1.96. The number of carboxylic acid groups (broad SMARTS) is 1. The van der Waals surface area contributed by atoms with Crippen LogP contribution < -0.4 is 4.74 Å². The Morgan fingerprint density at radius 2 is 2.13 bits per heavy atom. The fourth-order valence-electron chi connectivity index (χ4n) is 3.94. The first-order valence-corrected chi connectivity index (χ1v) is 11.5. The van der Waals surface area contributed by atoms with Crippen molar-refractivity contribution in [3.8, 4) is 5.75 Å². The molecule has 3 rings (SSSR count). The van der Waals surface area contributed by atoms with Crippen LogP contribution in [0.25, 0.3) is 0 Å². The van der Waals surface area contributed by atoms with Crippen LogP contribution in [0.3, 0.4) is 0 Å². The number of hydrogen-bond acceptors (Lipinski definition) is 6. The standard InChI is InChI=1S/C23H31NO5S/c1-4-6-21(22-24-19(13-30-22)23(26)27)29-18-10-16(20(25)11-18)12-28-17-8-7-14(3)15(5-2)9-17/h7-9,13,16,18,20-21,25H,4-6,10-12H2,1-3H3,(H,26,27)/t16-,18+,20+,21+/m0/s1. The third kappa shape index (κ3) is 5.59. The van der Waals surface area contributed by atoms with Crippen molar-refractivity contribution in [1.29, 1.82) is 0 Å². The third-order valence-corrected chi connectivity index (χ3v) is 6.64. The molecule has 0 aliphatic heterocycles. The highest BCUT2D eigenvalue weighted by Gasteiger charge is 2.36. The number of carbonyl (C=O) groups is 1. The predicted octanol–water partition coefficient (Wildman–Crippen LogP) is 4.79. The molecule has 0 spiro atoms. The quantitative estimate of drug-likeness (QED) is 0.560. The molecule has 2 N–H and O–H groups in total. The second-order valence-corrected chi connectivity index (χ2v) is 8.85. The summed E-state index contributed by atoms with van der Waals surface area (Å²) in [6.45, 7) is 6.74. The number of ether oxygens (including phenoxy) is 2. The maximum Gasteiger partial charge on any atom is 0.355 e. The van der Waals surface area contributed by atoms with E-state index in [-0.39, 0.29) is 23.8 Å². The number of hydrogen-bond donors (Lipinski definition) is 2. The van der Waals surface area contributed by atoms with Gasteiger partial charge in [0.1, 0.15) is 16.9 Å². The average molecular weight is 434 g/mol. The van der Waals surface area contributed by atoms with E-state index in [1.165, 1.54) is 22.5 Å². The summed E-state index contributed by atoms with van der Waals surface area (Å²) < 4.78 is 12.3. The zero-order valence-electron chi connectivity index (χ0n) is 17.8. The van der Waals surface area contributed by atoms with Gasteiger partial charge in [-0.15, -0.1) is 11.3 Å². The maximum atomic E-state index is 11.1. The van der Waals surface area contributed by atoms with Gasteiger partial charge in [0, 0.05) is 11.3 Å². The van der Waals surface area contributed by atoms with Crippen LogP contribution >= 0.6 is 11.3 Å². The topological polar surface area (TPSA) is 88.9 Å². The highest BCUT2D eigenvalue weighted by Crippen LogP contribution is 2.35. The lowest BCUT2D eigenvalue weighted by molar-refractivity contribution is -0.0205. The van der Waals surface area contributed by atoms with Crippen molar-refractivity contribution >= 4 is 17.3 Å². The molecule has 1 aromatic heterocycles. The van der Waals surface area contributed by atoms with Gasteiger partial charge in [-0.2, -0.15) is 0 Å². The Labute approximate surface area is 181 Å². The Morgan fingerprint density at radius 1 is 1.33 bits per heavy atom. The number of aliphatic hydroxyl groups excluding tert-OH is 1. The van der Waals surface area contributed by atoms with E-state index in [9.17, 15) is 9.90 Å². The molecule has 0 bridgehead atoms. The minimum atomic E-state index is -1.02. The molecule has 0 radical (unpaired) electrons. The molecule has 2 aromatic rings. The molecule has 164 valence electrons. The fraction of sp³-hybridized carbons (Fsp3) is 0.565. The number of thiazole rings is 1. The number of rotatable bonds is 10. The van der Waals surface area contributed by atoms with E-state index in [0.29, 0.717) is 24.5 Å². The zero-order chi connectivity index (χ0) is 21.7. The van der Waals surface area contributed by atoms with Crippen LogP contribution in [0.4, 0.5) is 0 Å². The van der Waals surface area contributed by atoms with Crippen molar-refractivity contribution in [1.82, 2.24) is 4.98 Å². The Kier molecular flexibility index (Phi) is 7.86. The summed E-state index contributed by atoms with van der Waals surface area (Å²) in [7, 11) is 0. The molecule has 1 heterocycles. The smallest absolute Gasteiger partial charge is 0.355 e. The van der Waals surface area contributed by atoms with Crippen LogP contribution in [0.15, 0.2) is 23.6 Å². The monoisotopic (exact) mass is 433 g/mol. The minimum Gasteiger partial charge on any atom is -0.493 e. The summed E-state index contributed by atoms with van der Waals surface area (Å²) >= 11 is 1.32. The van der Waals surface area contributed by atoms with Crippen LogP contribution in [-0.2, 0) is 11.2 Å². The minimum absolute atomic E-state index is 0.00883. The molecule has 4 atom stereocenters. The Balaban J connectivity index is 1.58. The second-order valence-electron chi connectivity index (χ2n) is 7.96. The van der Waals surface area contributed by atoms with E-state index in [4.69, 9.17) is 14.6 Å². The van der Waals surface area contributed by atoms with Gasteiger partial charge in [0.25, 0.3) is 0 Å². The Bertz CT molecular complexity index is 852. The summed E-state index contributed by atoms with van der Waals surface area (Å²) in [5.74, 6) is -0.181. The second kappa shape index (κ2) is 10.4. The van der Waals surface area contributed by atoms with Crippen molar-refractivity contribution in [2.45, 2.75) is 71.2 Å². The first-order valence-electron chi connectivity index (χ1n) is 10.7. The first kappa shape index (κ1) is 22.7. The van der Waals surface area contributed by atoms with Crippen molar-refractivity contribution in [2.75, 3.05) is 6.61 Å². The molecular formula is C23H31NO5S. The highest BCUT2D eigenvalue weighted by atomic mass is 32.1. The number of aliphatic hydroxyl groups is 1. The predicted molar refractivity (Wildman–Crippen MR) is 116 cm³/mol. The summed E-state index contributed by atoms with van der Waals surface area (Å²) in [5, 5.41) is 21.9. The molecule has 6 nitrogen and oxygen atoms in total.